The molecule has 0 bridgehead atoms. The zero-order valence-electron chi connectivity index (χ0n) is 14.1. The molecule has 1 aromatic rings. The lowest BCUT2D eigenvalue weighted by Gasteiger charge is -2.41. The number of likely N-dealkylation sites (tertiary alicyclic amines) is 1. The summed E-state index contributed by atoms with van der Waals surface area (Å²) < 4.78 is 11.6. The van der Waals surface area contributed by atoms with Crippen LogP contribution in [0, 0.1) is 5.92 Å². The van der Waals surface area contributed by atoms with E-state index in [9.17, 15) is 5.11 Å². The van der Waals surface area contributed by atoms with Gasteiger partial charge in [0, 0.05) is 26.2 Å². The van der Waals surface area contributed by atoms with Crippen molar-refractivity contribution in [1.82, 2.24) is 4.90 Å². The molecule has 0 saturated carbocycles. The smallest absolute Gasteiger partial charge is 0.119 e. The van der Waals surface area contributed by atoms with Crippen LogP contribution in [0.3, 0.4) is 0 Å². The van der Waals surface area contributed by atoms with Crippen LogP contribution >= 0.6 is 0 Å². The Hall–Kier alpha value is -1.10. The third kappa shape index (κ3) is 4.69. The molecule has 128 valence electrons. The number of aliphatic hydroxyl groups excluding tert-OH is 1. The van der Waals surface area contributed by atoms with Crippen LogP contribution in [-0.4, -0.2) is 55.1 Å². The minimum Gasteiger partial charge on any atom is -0.491 e. The van der Waals surface area contributed by atoms with Gasteiger partial charge < -0.3 is 19.5 Å². The first-order chi connectivity index (χ1) is 11.2. The normalized spacial score (nSPS) is 26.5. The quantitative estimate of drug-likeness (QED) is 0.875. The lowest BCUT2D eigenvalue weighted by Crippen LogP contribution is -2.48. The van der Waals surface area contributed by atoms with Crippen LogP contribution < -0.4 is 4.74 Å². The predicted octanol–water partition coefficient (Wildman–Crippen LogP) is 2.49. The van der Waals surface area contributed by atoms with Crippen LogP contribution in [0.4, 0.5) is 0 Å². The maximum absolute atomic E-state index is 10.3. The summed E-state index contributed by atoms with van der Waals surface area (Å²) in [6.07, 6.45) is 4.57. The Morgan fingerprint density at radius 3 is 2.91 bits per heavy atom. The summed E-state index contributed by atoms with van der Waals surface area (Å²) in [5.41, 5.74) is 1.30. The highest BCUT2D eigenvalue weighted by Crippen LogP contribution is 2.28. The van der Waals surface area contributed by atoms with Crippen molar-refractivity contribution in [1.29, 1.82) is 0 Å². The molecule has 23 heavy (non-hydrogen) atoms. The Labute approximate surface area is 139 Å². The van der Waals surface area contributed by atoms with Gasteiger partial charge in [0.15, 0.2) is 0 Å². The number of ether oxygens (including phenoxy) is 2. The lowest BCUT2D eigenvalue weighted by atomic mass is 9.88. The third-order valence-corrected chi connectivity index (χ3v) is 5.04. The fourth-order valence-electron chi connectivity index (χ4n) is 3.69. The molecule has 3 rings (SSSR count). The van der Waals surface area contributed by atoms with Crippen LogP contribution in [0.1, 0.15) is 31.7 Å². The van der Waals surface area contributed by atoms with Crippen molar-refractivity contribution >= 4 is 0 Å². The van der Waals surface area contributed by atoms with Crippen molar-refractivity contribution in [3.8, 4) is 5.75 Å². The summed E-state index contributed by atoms with van der Waals surface area (Å²) in [5.74, 6) is 1.48. The van der Waals surface area contributed by atoms with Crippen molar-refractivity contribution in [2.45, 2.75) is 44.8 Å². The number of fused-ring (bicyclic) bond motifs is 1. The molecule has 1 N–H and O–H groups in total. The van der Waals surface area contributed by atoms with Gasteiger partial charge in [0.1, 0.15) is 18.5 Å². The molecule has 0 amide bonds. The monoisotopic (exact) mass is 319 g/mol. The van der Waals surface area contributed by atoms with Gasteiger partial charge in [-0.1, -0.05) is 19.1 Å². The second-order valence-electron chi connectivity index (χ2n) is 6.82. The summed E-state index contributed by atoms with van der Waals surface area (Å²) in [6, 6.07) is 8.12. The molecule has 0 spiro atoms. The van der Waals surface area contributed by atoms with Gasteiger partial charge in [-0.25, -0.2) is 0 Å². The Balaban J connectivity index is 1.41. The van der Waals surface area contributed by atoms with Crippen LogP contribution in [0.15, 0.2) is 24.3 Å². The summed E-state index contributed by atoms with van der Waals surface area (Å²) in [4.78, 5) is 2.37. The SMILES string of the molecule is CCc1ccc(OCC(O)CN2CCC3OCCCC3C2)cc1. The molecule has 2 aliphatic rings. The van der Waals surface area contributed by atoms with Gasteiger partial charge in [0.2, 0.25) is 0 Å². The largest absolute Gasteiger partial charge is 0.491 e. The fourth-order valence-corrected chi connectivity index (χ4v) is 3.69. The Bertz CT molecular complexity index is 476. The minimum absolute atomic E-state index is 0.354. The Kier molecular flexibility index (Phi) is 5.92. The van der Waals surface area contributed by atoms with E-state index in [-0.39, 0.29) is 0 Å². The molecule has 0 radical (unpaired) electrons. The molecule has 2 fully saturated rings. The molecule has 0 aliphatic carbocycles. The standard InChI is InChI=1S/C19H29NO3/c1-2-15-5-7-18(8-6-15)23-14-17(21)13-20-10-9-19-16(12-20)4-3-11-22-19/h5-8,16-17,19,21H,2-4,9-14H2,1H3. The van der Waals surface area contributed by atoms with E-state index in [1.807, 2.05) is 12.1 Å². The number of rotatable bonds is 6. The number of hydrogen-bond acceptors (Lipinski definition) is 4. The fraction of sp³-hybridized carbons (Fsp3) is 0.684. The first-order valence-corrected chi connectivity index (χ1v) is 8.98. The molecule has 3 atom stereocenters. The van der Waals surface area contributed by atoms with Gasteiger partial charge >= 0.3 is 0 Å². The molecular formula is C19H29NO3. The number of aliphatic hydroxyl groups is 1. The van der Waals surface area contributed by atoms with Crippen LogP contribution in [0.5, 0.6) is 5.75 Å². The van der Waals surface area contributed by atoms with E-state index in [1.165, 1.54) is 18.4 Å². The first-order valence-electron chi connectivity index (χ1n) is 8.98. The van der Waals surface area contributed by atoms with E-state index in [2.05, 4.69) is 24.0 Å². The molecule has 3 unspecified atom stereocenters. The highest BCUT2D eigenvalue weighted by Gasteiger charge is 2.32. The molecule has 4 heteroatoms. The van der Waals surface area contributed by atoms with E-state index in [0.717, 1.165) is 38.3 Å². The predicted molar refractivity (Wildman–Crippen MR) is 90.8 cm³/mol. The zero-order chi connectivity index (χ0) is 16.1. The molecule has 2 aliphatic heterocycles. The molecule has 4 nitrogen and oxygen atoms in total. The van der Waals surface area contributed by atoms with Gasteiger partial charge in [0.05, 0.1) is 6.10 Å². The number of nitrogens with zero attached hydrogens (tertiary/aromatic N) is 1. The van der Waals surface area contributed by atoms with Crippen LogP contribution in [-0.2, 0) is 11.2 Å². The molecule has 0 aromatic heterocycles. The Morgan fingerprint density at radius 2 is 2.13 bits per heavy atom. The van der Waals surface area contributed by atoms with Crippen molar-refractivity contribution < 1.29 is 14.6 Å². The van der Waals surface area contributed by atoms with E-state index in [4.69, 9.17) is 9.47 Å². The van der Waals surface area contributed by atoms with Crippen LogP contribution in [0.25, 0.3) is 0 Å². The van der Waals surface area contributed by atoms with Crippen molar-refractivity contribution in [3.63, 3.8) is 0 Å². The highest BCUT2D eigenvalue weighted by molar-refractivity contribution is 5.27. The van der Waals surface area contributed by atoms with Crippen molar-refractivity contribution in [2.75, 3.05) is 32.8 Å². The number of hydrogen-bond donors (Lipinski definition) is 1. The zero-order valence-corrected chi connectivity index (χ0v) is 14.1. The van der Waals surface area contributed by atoms with E-state index in [0.29, 0.717) is 25.2 Å². The average Bonchev–Trinajstić information content (AvgIpc) is 2.60. The van der Waals surface area contributed by atoms with Gasteiger partial charge in [-0.05, 0) is 49.3 Å². The molecular weight excluding hydrogens is 290 g/mol. The number of aryl methyl sites for hydroxylation is 1. The molecule has 1 aromatic carbocycles. The van der Waals surface area contributed by atoms with E-state index < -0.39 is 6.10 Å². The summed E-state index contributed by atoms with van der Waals surface area (Å²) >= 11 is 0. The maximum Gasteiger partial charge on any atom is 0.119 e. The average molecular weight is 319 g/mol. The van der Waals surface area contributed by atoms with E-state index in [1.54, 1.807) is 0 Å². The van der Waals surface area contributed by atoms with Gasteiger partial charge in [0.25, 0.3) is 0 Å². The van der Waals surface area contributed by atoms with Crippen LogP contribution in [0.2, 0.25) is 0 Å². The summed E-state index contributed by atoms with van der Waals surface area (Å²) in [5, 5.41) is 10.3. The third-order valence-electron chi connectivity index (χ3n) is 5.04. The van der Waals surface area contributed by atoms with Gasteiger partial charge in [-0.15, -0.1) is 0 Å². The second kappa shape index (κ2) is 8.13. The van der Waals surface area contributed by atoms with Crippen molar-refractivity contribution in [2.24, 2.45) is 5.92 Å². The second-order valence-corrected chi connectivity index (χ2v) is 6.82. The van der Waals surface area contributed by atoms with Gasteiger partial charge in [-0.3, -0.25) is 0 Å². The first kappa shape index (κ1) is 16.7. The maximum atomic E-state index is 10.3. The molecule has 2 heterocycles. The Morgan fingerprint density at radius 1 is 1.30 bits per heavy atom. The number of β-amino-alcohol motifs (C(OH)–C–C–N with tert-alkyl or cyclic N) is 1. The minimum atomic E-state index is -0.443. The topological polar surface area (TPSA) is 41.9 Å². The number of piperidine rings is 1. The van der Waals surface area contributed by atoms with Gasteiger partial charge in [-0.2, -0.15) is 0 Å². The van der Waals surface area contributed by atoms with Crippen molar-refractivity contribution in [3.05, 3.63) is 29.8 Å². The number of benzene rings is 1. The summed E-state index contributed by atoms with van der Waals surface area (Å²) in [6.45, 7) is 6.17. The molecule has 2 saturated heterocycles. The van der Waals surface area contributed by atoms with E-state index >= 15 is 0 Å². The summed E-state index contributed by atoms with van der Waals surface area (Å²) in [7, 11) is 0. The highest BCUT2D eigenvalue weighted by atomic mass is 16.5. The lowest BCUT2D eigenvalue weighted by molar-refractivity contribution is -0.0727.